The Kier molecular flexibility index (Phi) is 11.0. The molecule has 0 atom stereocenters. The molecule has 5 nitrogen and oxygen atoms in total. The van der Waals surface area contributed by atoms with E-state index in [1.54, 1.807) is 0 Å². The van der Waals surface area contributed by atoms with Crippen LogP contribution in [0.5, 0.6) is 0 Å². The number of nitrogens with one attached hydrogen (secondary N) is 1. The quantitative estimate of drug-likeness (QED) is 0.386. The third kappa shape index (κ3) is 8.35. The summed E-state index contributed by atoms with van der Waals surface area (Å²) in [7, 11) is 2.13. The number of rotatable bonds is 7. The lowest BCUT2D eigenvalue weighted by molar-refractivity contribution is 0.0625. The van der Waals surface area contributed by atoms with Crippen molar-refractivity contribution in [3.8, 4) is 0 Å². The molecule has 1 aliphatic rings. The molecule has 142 valence electrons. The van der Waals surface area contributed by atoms with Crippen molar-refractivity contribution in [3.63, 3.8) is 0 Å². The molecule has 0 spiro atoms. The van der Waals surface area contributed by atoms with E-state index in [4.69, 9.17) is 9.73 Å². The van der Waals surface area contributed by atoms with Crippen LogP contribution < -0.4 is 5.32 Å². The zero-order chi connectivity index (χ0) is 17.2. The monoisotopic (exact) mass is 460 g/mol. The number of pyridine rings is 1. The highest BCUT2D eigenvalue weighted by atomic mass is 127. The van der Waals surface area contributed by atoms with Crippen molar-refractivity contribution in [2.45, 2.75) is 39.5 Å². The van der Waals surface area contributed by atoms with Crippen LogP contribution in [0.3, 0.4) is 0 Å². The van der Waals surface area contributed by atoms with Crippen LogP contribution in [0, 0.1) is 12.8 Å². The normalized spacial score (nSPS) is 15.6. The van der Waals surface area contributed by atoms with Crippen molar-refractivity contribution in [1.82, 2.24) is 15.2 Å². The van der Waals surface area contributed by atoms with Gasteiger partial charge in [-0.2, -0.15) is 0 Å². The molecule has 1 N–H and O–H groups in total. The predicted octanol–water partition coefficient (Wildman–Crippen LogP) is 3.26. The fraction of sp³-hybridized carbons (Fsp3) is 0.684. The zero-order valence-corrected chi connectivity index (χ0v) is 18.2. The lowest BCUT2D eigenvalue weighted by Crippen LogP contribution is -2.40. The Labute approximate surface area is 169 Å². The molecule has 2 rings (SSSR count). The van der Waals surface area contributed by atoms with E-state index in [9.17, 15) is 0 Å². The number of halogens is 1. The number of aliphatic imine (C=N–C) groups is 1. The molecule has 2 heterocycles. The van der Waals surface area contributed by atoms with Crippen molar-refractivity contribution in [3.05, 3.63) is 29.6 Å². The van der Waals surface area contributed by atoms with Crippen LogP contribution in [0.15, 0.2) is 23.3 Å². The average molecular weight is 460 g/mol. The molecule has 0 saturated carbocycles. The molecular weight excluding hydrogens is 427 g/mol. The first kappa shape index (κ1) is 22.2. The third-order valence-electron chi connectivity index (χ3n) is 4.54. The minimum absolute atomic E-state index is 0. The highest BCUT2D eigenvalue weighted by Crippen LogP contribution is 2.18. The Morgan fingerprint density at radius 1 is 1.36 bits per heavy atom. The summed E-state index contributed by atoms with van der Waals surface area (Å²) < 4.78 is 5.44. The SMILES string of the molecule is CCNC(=NCCc1ccc(C)nc1)N(C)CCC1CCOCC1.I. The van der Waals surface area contributed by atoms with E-state index >= 15 is 0 Å². The first-order valence-corrected chi connectivity index (χ1v) is 9.17. The molecule has 0 amide bonds. The number of ether oxygens (including phenoxy) is 1. The molecule has 0 unspecified atom stereocenters. The van der Waals surface area contributed by atoms with Gasteiger partial charge in [0.1, 0.15) is 0 Å². The van der Waals surface area contributed by atoms with Crippen LogP contribution in [0.2, 0.25) is 0 Å². The zero-order valence-electron chi connectivity index (χ0n) is 15.8. The van der Waals surface area contributed by atoms with Gasteiger partial charge in [-0.05, 0) is 57.1 Å². The second kappa shape index (κ2) is 12.5. The highest BCUT2D eigenvalue weighted by molar-refractivity contribution is 14.0. The predicted molar refractivity (Wildman–Crippen MR) is 115 cm³/mol. The van der Waals surface area contributed by atoms with Gasteiger partial charge in [0.15, 0.2) is 5.96 Å². The van der Waals surface area contributed by atoms with Gasteiger partial charge in [-0.25, -0.2) is 0 Å². The van der Waals surface area contributed by atoms with Crippen molar-refractivity contribution in [2.24, 2.45) is 10.9 Å². The van der Waals surface area contributed by atoms with E-state index in [2.05, 4.69) is 41.3 Å². The molecule has 0 aliphatic carbocycles. The lowest BCUT2D eigenvalue weighted by Gasteiger charge is -2.26. The van der Waals surface area contributed by atoms with Gasteiger partial charge in [0, 0.05) is 51.8 Å². The maximum atomic E-state index is 5.44. The molecule has 1 fully saturated rings. The van der Waals surface area contributed by atoms with E-state index in [1.165, 1.54) is 24.8 Å². The lowest BCUT2D eigenvalue weighted by atomic mass is 9.96. The van der Waals surface area contributed by atoms with Gasteiger partial charge in [-0.1, -0.05) is 6.07 Å². The van der Waals surface area contributed by atoms with Crippen LogP contribution in [0.25, 0.3) is 0 Å². The van der Waals surface area contributed by atoms with Crippen LogP contribution in [0.1, 0.15) is 37.4 Å². The molecule has 6 heteroatoms. The first-order valence-electron chi connectivity index (χ1n) is 9.17. The summed E-state index contributed by atoms with van der Waals surface area (Å²) in [5, 5.41) is 3.40. The molecule has 25 heavy (non-hydrogen) atoms. The van der Waals surface area contributed by atoms with Crippen molar-refractivity contribution < 1.29 is 4.74 Å². The topological polar surface area (TPSA) is 49.8 Å². The Bertz CT molecular complexity index is 501. The summed E-state index contributed by atoms with van der Waals surface area (Å²) in [5.41, 5.74) is 2.30. The molecule has 1 aliphatic heterocycles. The molecule has 0 aromatic carbocycles. The van der Waals surface area contributed by atoms with Crippen LogP contribution in [0.4, 0.5) is 0 Å². The number of aryl methyl sites for hydroxylation is 1. The Balaban J connectivity index is 0.00000312. The van der Waals surface area contributed by atoms with Crippen molar-refractivity contribution >= 4 is 29.9 Å². The van der Waals surface area contributed by atoms with Gasteiger partial charge in [0.25, 0.3) is 0 Å². The van der Waals surface area contributed by atoms with Crippen molar-refractivity contribution in [2.75, 3.05) is 39.9 Å². The fourth-order valence-corrected chi connectivity index (χ4v) is 2.92. The van der Waals surface area contributed by atoms with Gasteiger partial charge < -0.3 is 15.0 Å². The van der Waals surface area contributed by atoms with Gasteiger partial charge in [-0.3, -0.25) is 9.98 Å². The summed E-state index contributed by atoms with van der Waals surface area (Å²) in [5.74, 6) is 1.80. The second-order valence-corrected chi connectivity index (χ2v) is 6.56. The van der Waals surface area contributed by atoms with Crippen molar-refractivity contribution in [1.29, 1.82) is 0 Å². The van der Waals surface area contributed by atoms with Gasteiger partial charge in [-0.15, -0.1) is 24.0 Å². The van der Waals surface area contributed by atoms with Crippen LogP contribution in [-0.2, 0) is 11.2 Å². The molecule has 1 aromatic rings. The first-order chi connectivity index (χ1) is 11.7. The summed E-state index contributed by atoms with van der Waals surface area (Å²) in [6.07, 6.45) is 6.48. The maximum absolute atomic E-state index is 5.44. The van der Waals surface area contributed by atoms with Gasteiger partial charge in [0.2, 0.25) is 0 Å². The number of aromatic nitrogens is 1. The Morgan fingerprint density at radius 2 is 2.12 bits per heavy atom. The smallest absolute Gasteiger partial charge is 0.193 e. The average Bonchev–Trinajstić information content (AvgIpc) is 2.61. The maximum Gasteiger partial charge on any atom is 0.193 e. The molecule has 0 bridgehead atoms. The van der Waals surface area contributed by atoms with E-state index < -0.39 is 0 Å². The number of hydrogen-bond acceptors (Lipinski definition) is 3. The summed E-state index contributed by atoms with van der Waals surface area (Å²) in [4.78, 5) is 11.4. The summed E-state index contributed by atoms with van der Waals surface area (Å²) >= 11 is 0. The van der Waals surface area contributed by atoms with Crippen LogP contribution >= 0.6 is 24.0 Å². The number of hydrogen-bond donors (Lipinski definition) is 1. The highest BCUT2D eigenvalue weighted by Gasteiger charge is 2.15. The minimum Gasteiger partial charge on any atom is -0.381 e. The van der Waals surface area contributed by atoms with Gasteiger partial charge in [0.05, 0.1) is 0 Å². The molecule has 1 aromatic heterocycles. The number of guanidine groups is 1. The summed E-state index contributed by atoms with van der Waals surface area (Å²) in [6.45, 7) is 8.70. The largest absolute Gasteiger partial charge is 0.381 e. The van der Waals surface area contributed by atoms with Crippen LogP contribution in [-0.4, -0.2) is 55.7 Å². The standard InChI is InChI=1S/C19H32N4O.HI/c1-4-20-19(21-11-7-18-6-5-16(2)22-15-18)23(3)12-8-17-9-13-24-14-10-17;/h5-6,15,17H,4,7-14H2,1-3H3,(H,20,21);1H. The minimum atomic E-state index is 0. The number of nitrogens with zero attached hydrogens (tertiary/aromatic N) is 3. The van der Waals surface area contributed by atoms with E-state index in [-0.39, 0.29) is 24.0 Å². The van der Waals surface area contributed by atoms with E-state index in [0.29, 0.717) is 0 Å². The van der Waals surface area contributed by atoms with E-state index in [1.807, 2.05) is 13.1 Å². The molecular formula is C19H33IN4O. The Hall–Kier alpha value is -0.890. The third-order valence-corrected chi connectivity index (χ3v) is 4.54. The molecule has 1 saturated heterocycles. The molecule has 0 radical (unpaired) electrons. The summed E-state index contributed by atoms with van der Waals surface area (Å²) in [6, 6.07) is 4.20. The van der Waals surface area contributed by atoms with E-state index in [0.717, 1.165) is 56.8 Å². The Morgan fingerprint density at radius 3 is 2.76 bits per heavy atom. The fourth-order valence-electron chi connectivity index (χ4n) is 2.92. The second-order valence-electron chi connectivity index (χ2n) is 6.56. The van der Waals surface area contributed by atoms with Gasteiger partial charge >= 0.3 is 0 Å².